The van der Waals surface area contributed by atoms with Crippen LogP contribution in [-0.4, -0.2) is 15.0 Å². The molecule has 0 bridgehead atoms. The Balaban J connectivity index is 1.71. The summed E-state index contributed by atoms with van der Waals surface area (Å²) in [5.74, 6) is 0. The summed E-state index contributed by atoms with van der Waals surface area (Å²) in [5, 5.41) is 8.58. The normalized spacial score (nSPS) is 12.3. The topological polar surface area (TPSA) is 39.9 Å². The van der Waals surface area contributed by atoms with Gasteiger partial charge >= 0.3 is 0 Å². The third-order valence-electron chi connectivity index (χ3n) is 3.93. The first-order chi connectivity index (χ1) is 11.9. The summed E-state index contributed by atoms with van der Waals surface area (Å²) >= 11 is 0. The maximum Gasteiger partial charge on any atom is 0.178 e. The Labute approximate surface area is 140 Å². The molecule has 24 heavy (non-hydrogen) atoms. The minimum atomic E-state index is -0.321. The first kappa shape index (κ1) is 14.6. The Bertz CT molecular complexity index is 919. The van der Waals surface area contributed by atoms with E-state index in [9.17, 15) is 0 Å². The van der Waals surface area contributed by atoms with Gasteiger partial charge in [-0.25, -0.2) is 4.68 Å². The molecule has 1 heterocycles. The zero-order chi connectivity index (χ0) is 16.2. The summed E-state index contributed by atoms with van der Waals surface area (Å²) < 4.78 is 8.07. The smallest absolute Gasteiger partial charge is 0.178 e. The molecule has 4 nitrogen and oxygen atoms in total. The monoisotopic (exact) mass is 315 g/mol. The molecule has 0 saturated carbocycles. The largest absolute Gasteiger partial charge is 0.347 e. The molecule has 0 fully saturated rings. The number of fused-ring (bicyclic) bond motifs is 1. The van der Waals surface area contributed by atoms with Gasteiger partial charge in [-0.2, -0.15) is 0 Å². The van der Waals surface area contributed by atoms with E-state index >= 15 is 0 Å². The number of hydrogen-bond acceptors (Lipinski definition) is 3. The van der Waals surface area contributed by atoms with Crippen LogP contribution in [-0.2, 0) is 11.3 Å². The van der Waals surface area contributed by atoms with Crippen molar-refractivity contribution in [2.45, 2.75) is 12.8 Å². The van der Waals surface area contributed by atoms with Crippen molar-refractivity contribution in [1.82, 2.24) is 15.0 Å². The molecule has 4 rings (SSSR count). The summed E-state index contributed by atoms with van der Waals surface area (Å²) in [5.41, 5.74) is 3.99. The molecule has 0 aliphatic rings. The van der Waals surface area contributed by atoms with Crippen molar-refractivity contribution in [2.24, 2.45) is 0 Å². The van der Waals surface area contributed by atoms with Crippen LogP contribution in [0.25, 0.3) is 11.0 Å². The Morgan fingerprint density at radius 3 is 2.25 bits per heavy atom. The van der Waals surface area contributed by atoms with Gasteiger partial charge in [-0.1, -0.05) is 78.0 Å². The average molecular weight is 315 g/mol. The summed E-state index contributed by atoms with van der Waals surface area (Å²) in [7, 11) is 0. The zero-order valence-corrected chi connectivity index (χ0v) is 13.1. The highest BCUT2D eigenvalue weighted by atomic mass is 16.5. The molecule has 0 aliphatic heterocycles. The van der Waals surface area contributed by atoms with Crippen LogP contribution in [0.2, 0.25) is 0 Å². The van der Waals surface area contributed by atoms with E-state index in [2.05, 4.69) is 22.4 Å². The highest BCUT2D eigenvalue weighted by molar-refractivity contribution is 5.74. The van der Waals surface area contributed by atoms with Crippen molar-refractivity contribution >= 4 is 11.0 Å². The lowest BCUT2D eigenvalue weighted by Gasteiger charge is -2.19. The van der Waals surface area contributed by atoms with E-state index in [4.69, 9.17) is 4.74 Å². The molecule has 4 heteroatoms. The van der Waals surface area contributed by atoms with Gasteiger partial charge < -0.3 is 4.74 Å². The van der Waals surface area contributed by atoms with Gasteiger partial charge in [0.15, 0.2) is 6.23 Å². The van der Waals surface area contributed by atoms with Gasteiger partial charge in [0, 0.05) is 5.56 Å². The van der Waals surface area contributed by atoms with Crippen LogP contribution in [0.5, 0.6) is 0 Å². The molecular formula is C20H17N3O. The maximum absolute atomic E-state index is 6.23. The van der Waals surface area contributed by atoms with Crippen LogP contribution < -0.4 is 0 Å². The van der Waals surface area contributed by atoms with Gasteiger partial charge in [0.05, 0.1) is 12.1 Å². The maximum atomic E-state index is 6.23. The SMILES string of the molecule is c1ccc(COC(c2ccccc2)n2nnc3ccccc32)cc1. The highest BCUT2D eigenvalue weighted by Gasteiger charge is 2.18. The second-order valence-electron chi connectivity index (χ2n) is 5.58. The quantitative estimate of drug-likeness (QED) is 0.554. The molecule has 118 valence electrons. The fourth-order valence-electron chi connectivity index (χ4n) is 2.74. The standard InChI is InChI=1S/C20H17N3O/c1-3-9-16(10-4-1)15-24-20(17-11-5-2-6-12-17)23-19-14-8-7-13-18(19)21-22-23/h1-14,20H,15H2. The zero-order valence-electron chi connectivity index (χ0n) is 13.1. The van der Waals surface area contributed by atoms with Crippen molar-refractivity contribution < 1.29 is 4.74 Å². The summed E-state index contributed by atoms with van der Waals surface area (Å²) in [4.78, 5) is 0. The highest BCUT2D eigenvalue weighted by Crippen LogP contribution is 2.24. The lowest BCUT2D eigenvalue weighted by atomic mass is 10.2. The number of para-hydroxylation sites is 1. The molecule has 0 saturated heterocycles. The van der Waals surface area contributed by atoms with Gasteiger partial charge in [-0.15, -0.1) is 5.10 Å². The van der Waals surface area contributed by atoms with E-state index in [0.29, 0.717) is 6.61 Å². The van der Waals surface area contributed by atoms with E-state index in [1.807, 2.05) is 77.5 Å². The molecule has 0 radical (unpaired) electrons. The lowest BCUT2D eigenvalue weighted by Crippen LogP contribution is -2.16. The Morgan fingerprint density at radius 1 is 0.792 bits per heavy atom. The molecule has 1 atom stereocenters. The fraction of sp³-hybridized carbons (Fsp3) is 0.100. The van der Waals surface area contributed by atoms with Crippen LogP contribution in [0.3, 0.4) is 0 Å². The van der Waals surface area contributed by atoms with E-state index in [-0.39, 0.29) is 6.23 Å². The van der Waals surface area contributed by atoms with Crippen molar-refractivity contribution in [3.8, 4) is 0 Å². The molecule has 1 aromatic heterocycles. The third kappa shape index (κ3) is 2.92. The van der Waals surface area contributed by atoms with Crippen LogP contribution >= 0.6 is 0 Å². The Morgan fingerprint density at radius 2 is 1.46 bits per heavy atom. The van der Waals surface area contributed by atoms with Gasteiger partial charge in [-0.05, 0) is 17.7 Å². The average Bonchev–Trinajstić information content (AvgIpc) is 3.08. The second kappa shape index (κ2) is 6.64. The fourth-order valence-corrected chi connectivity index (χ4v) is 2.74. The van der Waals surface area contributed by atoms with E-state index in [1.165, 1.54) is 0 Å². The minimum Gasteiger partial charge on any atom is -0.347 e. The van der Waals surface area contributed by atoms with Gasteiger partial charge in [0.25, 0.3) is 0 Å². The number of hydrogen-bond donors (Lipinski definition) is 0. The predicted octanol–water partition coefficient (Wildman–Crippen LogP) is 4.20. The van der Waals surface area contributed by atoms with Crippen LogP contribution in [0.15, 0.2) is 84.9 Å². The Kier molecular flexibility index (Phi) is 4.04. The molecular weight excluding hydrogens is 298 g/mol. The minimum absolute atomic E-state index is 0.321. The van der Waals surface area contributed by atoms with E-state index in [1.54, 1.807) is 0 Å². The van der Waals surface area contributed by atoms with Crippen LogP contribution in [0, 0.1) is 0 Å². The van der Waals surface area contributed by atoms with Crippen molar-refractivity contribution in [2.75, 3.05) is 0 Å². The number of aromatic nitrogens is 3. The first-order valence-corrected chi connectivity index (χ1v) is 7.92. The molecule has 0 aliphatic carbocycles. The van der Waals surface area contributed by atoms with E-state index in [0.717, 1.165) is 22.2 Å². The third-order valence-corrected chi connectivity index (χ3v) is 3.93. The predicted molar refractivity (Wildman–Crippen MR) is 93.3 cm³/mol. The molecule has 0 spiro atoms. The summed E-state index contributed by atoms with van der Waals surface area (Å²) in [6, 6.07) is 28.2. The molecule has 0 N–H and O–H groups in total. The van der Waals surface area contributed by atoms with Crippen LogP contribution in [0.1, 0.15) is 17.4 Å². The number of benzene rings is 3. The van der Waals surface area contributed by atoms with Gasteiger partial charge in [0.2, 0.25) is 0 Å². The van der Waals surface area contributed by atoms with Crippen molar-refractivity contribution in [1.29, 1.82) is 0 Å². The number of ether oxygens (including phenoxy) is 1. The van der Waals surface area contributed by atoms with E-state index < -0.39 is 0 Å². The van der Waals surface area contributed by atoms with Crippen LogP contribution in [0.4, 0.5) is 0 Å². The van der Waals surface area contributed by atoms with Crippen molar-refractivity contribution in [3.63, 3.8) is 0 Å². The number of rotatable bonds is 5. The second-order valence-corrected chi connectivity index (χ2v) is 5.58. The summed E-state index contributed by atoms with van der Waals surface area (Å²) in [6.07, 6.45) is -0.321. The molecule has 0 amide bonds. The van der Waals surface area contributed by atoms with Gasteiger partial charge in [0.1, 0.15) is 5.52 Å². The first-order valence-electron chi connectivity index (χ1n) is 7.92. The molecule has 4 aromatic rings. The Hall–Kier alpha value is -2.98. The van der Waals surface area contributed by atoms with Gasteiger partial charge in [-0.3, -0.25) is 0 Å². The molecule has 1 unspecified atom stereocenters. The number of nitrogens with zero attached hydrogens (tertiary/aromatic N) is 3. The molecule has 3 aromatic carbocycles. The summed E-state index contributed by atoms with van der Waals surface area (Å²) in [6.45, 7) is 0.509. The lowest BCUT2D eigenvalue weighted by molar-refractivity contribution is 0.0132. The van der Waals surface area contributed by atoms with Crippen molar-refractivity contribution in [3.05, 3.63) is 96.1 Å².